The Hall–Kier alpha value is -1.60. The number of ether oxygens (including phenoxy) is 1. The normalized spacial score (nSPS) is 13.0. The Kier molecular flexibility index (Phi) is 4.69. The number of amides is 1. The predicted octanol–water partition coefficient (Wildman–Crippen LogP) is 0.0949. The van der Waals surface area contributed by atoms with Crippen LogP contribution >= 0.6 is 0 Å². The van der Waals surface area contributed by atoms with Crippen LogP contribution in [0.1, 0.15) is 6.92 Å². The van der Waals surface area contributed by atoms with Gasteiger partial charge in [-0.1, -0.05) is 6.92 Å². The number of methoxy groups -OCH3 is 1. The highest BCUT2D eigenvalue weighted by Crippen LogP contribution is 2.15. The summed E-state index contributed by atoms with van der Waals surface area (Å²) in [5.41, 5.74) is 5.05. The van der Waals surface area contributed by atoms with E-state index in [4.69, 9.17) is 10.5 Å². The van der Waals surface area contributed by atoms with Crippen molar-refractivity contribution in [2.24, 2.45) is 11.7 Å². The Bertz CT molecular complexity index is 510. The van der Waals surface area contributed by atoms with Crippen molar-refractivity contribution < 1.29 is 17.9 Å². The number of carbonyl (C=O) groups excluding carboxylic acids is 1. The van der Waals surface area contributed by atoms with Gasteiger partial charge >= 0.3 is 0 Å². The molecular weight excluding hydrogens is 256 g/mol. The number of sulfonamides is 1. The van der Waals surface area contributed by atoms with Gasteiger partial charge in [0.25, 0.3) is 0 Å². The maximum Gasteiger partial charge on any atom is 0.240 e. The molecule has 0 aliphatic carbocycles. The van der Waals surface area contributed by atoms with Gasteiger partial charge in [0.2, 0.25) is 15.9 Å². The van der Waals surface area contributed by atoms with Crippen LogP contribution in [-0.4, -0.2) is 28.0 Å². The van der Waals surface area contributed by atoms with Gasteiger partial charge in [0.05, 0.1) is 12.0 Å². The molecular formula is C11H16N2O4S. The van der Waals surface area contributed by atoms with Crippen LogP contribution in [0.4, 0.5) is 0 Å². The minimum Gasteiger partial charge on any atom is -0.497 e. The van der Waals surface area contributed by atoms with Gasteiger partial charge in [-0.25, -0.2) is 13.1 Å². The molecule has 7 heteroatoms. The van der Waals surface area contributed by atoms with Gasteiger partial charge in [-0.15, -0.1) is 0 Å². The van der Waals surface area contributed by atoms with Crippen LogP contribution in [0.2, 0.25) is 0 Å². The van der Waals surface area contributed by atoms with Gasteiger partial charge in [-0.2, -0.15) is 0 Å². The summed E-state index contributed by atoms with van der Waals surface area (Å²) in [4.78, 5) is 10.9. The predicted molar refractivity (Wildman–Crippen MR) is 66.5 cm³/mol. The highest BCUT2D eigenvalue weighted by atomic mass is 32.2. The number of primary amides is 1. The molecule has 1 aromatic carbocycles. The van der Waals surface area contributed by atoms with E-state index in [1.165, 1.54) is 19.2 Å². The lowest BCUT2D eigenvalue weighted by Crippen LogP contribution is -2.34. The molecule has 1 aromatic rings. The molecule has 1 atom stereocenters. The van der Waals surface area contributed by atoms with Crippen LogP contribution in [0.5, 0.6) is 5.75 Å². The Morgan fingerprint density at radius 2 is 1.94 bits per heavy atom. The first-order chi connectivity index (χ1) is 8.36. The Balaban J connectivity index is 2.76. The summed E-state index contributed by atoms with van der Waals surface area (Å²) in [7, 11) is -2.13. The fourth-order valence-electron chi connectivity index (χ4n) is 1.17. The van der Waals surface area contributed by atoms with Gasteiger partial charge in [0.15, 0.2) is 0 Å². The molecule has 0 aliphatic heterocycles. The molecule has 0 heterocycles. The largest absolute Gasteiger partial charge is 0.497 e. The average molecular weight is 272 g/mol. The van der Waals surface area contributed by atoms with E-state index < -0.39 is 21.8 Å². The fourth-order valence-corrected chi connectivity index (χ4v) is 2.30. The molecule has 0 aromatic heterocycles. The average Bonchev–Trinajstić information content (AvgIpc) is 2.36. The van der Waals surface area contributed by atoms with Crippen LogP contribution in [0.15, 0.2) is 29.2 Å². The topological polar surface area (TPSA) is 98.5 Å². The number of hydrogen-bond acceptors (Lipinski definition) is 4. The zero-order chi connectivity index (χ0) is 13.8. The summed E-state index contributed by atoms with van der Waals surface area (Å²) >= 11 is 0. The molecule has 1 rings (SSSR count). The van der Waals surface area contributed by atoms with Gasteiger partial charge in [0.1, 0.15) is 5.75 Å². The van der Waals surface area contributed by atoms with Crippen molar-refractivity contribution in [3.8, 4) is 5.75 Å². The molecule has 0 bridgehead atoms. The molecule has 18 heavy (non-hydrogen) atoms. The number of rotatable bonds is 6. The van der Waals surface area contributed by atoms with Gasteiger partial charge in [-0.3, -0.25) is 4.79 Å². The summed E-state index contributed by atoms with van der Waals surface area (Å²) < 4.78 is 31.0. The second kappa shape index (κ2) is 5.83. The maximum atomic E-state index is 11.9. The summed E-state index contributed by atoms with van der Waals surface area (Å²) in [6.45, 7) is 1.53. The van der Waals surface area contributed by atoms with E-state index in [-0.39, 0.29) is 11.4 Å². The number of hydrogen-bond donors (Lipinski definition) is 2. The number of carbonyl (C=O) groups is 1. The lowest BCUT2D eigenvalue weighted by atomic mass is 10.2. The first-order valence-corrected chi connectivity index (χ1v) is 6.78. The molecule has 1 amide bonds. The monoisotopic (exact) mass is 272 g/mol. The van der Waals surface area contributed by atoms with Crippen LogP contribution < -0.4 is 15.2 Å². The highest BCUT2D eigenvalue weighted by molar-refractivity contribution is 7.89. The minimum absolute atomic E-state index is 0.0241. The van der Waals surface area contributed by atoms with E-state index in [9.17, 15) is 13.2 Å². The van der Waals surface area contributed by atoms with E-state index in [0.29, 0.717) is 5.75 Å². The maximum absolute atomic E-state index is 11.9. The Morgan fingerprint density at radius 3 is 2.39 bits per heavy atom. The Labute approximate surface area is 106 Å². The first kappa shape index (κ1) is 14.5. The van der Waals surface area contributed by atoms with Crippen LogP contribution in [-0.2, 0) is 14.8 Å². The van der Waals surface area contributed by atoms with E-state index in [0.717, 1.165) is 0 Å². The lowest BCUT2D eigenvalue weighted by Gasteiger charge is -2.10. The van der Waals surface area contributed by atoms with Crippen molar-refractivity contribution in [1.29, 1.82) is 0 Å². The molecule has 1 unspecified atom stereocenters. The van der Waals surface area contributed by atoms with Crippen molar-refractivity contribution in [3.63, 3.8) is 0 Å². The van der Waals surface area contributed by atoms with Crippen molar-refractivity contribution in [3.05, 3.63) is 24.3 Å². The molecule has 0 fully saturated rings. The molecule has 6 nitrogen and oxygen atoms in total. The molecule has 0 radical (unpaired) electrons. The van der Waals surface area contributed by atoms with Crippen molar-refractivity contribution in [1.82, 2.24) is 4.72 Å². The van der Waals surface area contributed by atoms with E-state index in [2.05, 4.69) is 4.72 Å². The molecule has 3 N–H and O–H groups in total. The molecule has 100 valence electrons. The standard InChI is InChI=1S/C11H16N2O4S/c1-8(11(12)14)7-13-18(15,16)10-5-3-9(17-2)4-6-10/h3-6,8,13H,7H2,1-2H3,(H2,12,14). The van der Waals surface area contributed by atoms with Gasteiger partial charge in [-0.05, 0) is 24.3 Å². The van der Waals surface area contributed by atoms with Crippen LogP contribution in [0.25, 0.3) is 0 Å². The van der Waals surface area contributed by atoms with E-state index in [1.807, 2.05) is 0 Å². The second-order valence-electron chi connectivity index (χ2n) is 3.83. The quantitative estimate of drug-likeness (QED) is 0.767. The Morgan fingerprint density at radius 1 is 1.39 bits per heavy atom. The van der Waals surface area contributed by atoms with E-state index in [1.54, 1.807) is 19.1 Å². The lowest BCUT2D eigenvalue weighted by molar-refractivity contribution is -0.121. The van der Waals surface area contributed by atoms with Crippen molar-refractivity contribution in [2.75, 3.05) is 13.7 Å². The third kappa shape index (κ3) is 3.71. The SMILES string of the molecule is COc1ccc(S(=O)(=O)NCC(C)C(N)=O)cc1. The van der Waals surface area contributed by atoms with Crippen molar-refractivity contribution in [2.45, 2.75) is 11.8 Å². The van der Waals surface area contributed by atoms with Gasteiger partial charge < -0.3 is 10.5 Å². The third-order valence-corrected chi connectivity index (χ3v) is 3.87. The highest BCUT2D eigenvalue weighted by Gasteiger charge is 2.17. The fraction of sp³-hybridized carbons (Fsp3) is 0.364. The summed E-state index contributed by atoms with van der Waals surface area (Å²) in [6, 6.07) is 5.95. The zero-order valence-electron chi connectivity index (χ0n) is 10.2. The number of benzene rings is 1. The van der Waals surface area contributed by atoms with Crippen LogP contribution in [0.3, 0.4) is 0 Å². The van der Waals surface area contributed by atoms with Crippen LogP contribution in [0, 0.1) is 5.92 Å². The number of nitrogens with one attached hydrogen (secondary N) is 1. The molecule has 0 saturated heterocycles. The molecule has 0 saturated carbocycles. The second-order valence-corrected chi connectivity index (χ2v) is 5.60. The zero-order valence-corrected chi connectivity index (χ0v) is 11.0. The minimum atomic E-state index is -3.63. The third-order valence-electron chi connectivity index (χ3n) is 2.43. The summed E-state index contributed by atoms with van der Waals surface area (Å²) in [6.07, 6.45) is 0. The van der Waals surface area contributed by atoms with Gasteiger partial charge in [0, 0.05) is 12.5 Å². The smallest absolute Gasteiger partial charge is 0.240 e. The van der Waals surface area contributed by atoms with E-state index >= 15 is 0 Å². The van der Waals surface area contributed by atoms with Crippen molar-refractivity contribution >= 4 is 15.9 Å². The summed E-state index contributed by atoms with van der Waals surface area (Å²) in [5, 5.41) is 0. The molecule has 0 aliphatic rings. The summed E-state index contributed by atoms with van der Waals surface area (Å²) in [5.74, 6) is -0.537. The first-order valence-electron chi connectivity index (χ1n) is 5.30. The number of nitrogens with two attached hydrogens (primary N) is 1. The molecule has 0 spiro atoms.